The van der Waals surface area contributed by atoms with Crippen LogP contribution in [-0.4, -0.2) is 18.7 Å². The zero-order chi connectivity index (χ0) is 12.5. The Morgan fingerprint density at radius 1 is 1.65 bits per heavy atom. The second-order valence-corrected chi connectivity index (χ2v) is 4.05. The topological polar surface area (TPSA) is 62.6 Å². The van der Waals surface area contributed by atoms with Crippen molar-refractivity contribution in [2.45, 2.75) is 25.6 Å². The van der Waals surface area contributed by atoms with Gasteiger partial charge in [-0.05, 0) is 31.5 Å². The summed E-state index contributed by atoms with van der Waals surface area (Å²) in [5, 5.41) is 8.83. The largest absolute Gasteiger partial charge is 0.464 e. The molecule has 1 aliphatic rings. The Bertz CT molecular complexity index is 492. The third kappa shape index (κ3) is 2.02. The van der Waals surface area contributed by atoms with Crippen molar-refractivity contribution in [3.8, 4) is 6.07 Å². The number of nitriles is 1. The fourth-order valence-corrected chi connectivity index (χ4v) is 1.82. The SMILES string of the molecule is CCOC(=O)[C@H]1O[C@@]1(C)c1cccc(C#N)c1. The quantitative estimate of drug-likeness (QED) is 0.587. The number of nitrogens with zero attached hydrogens (tertiary/aromatic N) is 1. The molecule has 0 radical (unpaired) electrons. The average molecular weight is 231 g/mol. The van der Waals surface area contributed by atoms with Crippen molar-refractivity contribution in [3.05, 3.63) is 35.4 Å². The summed E-state index contributed by atoms with van der Waals surface area (Å²) < 4.78 is 10.3. The zero-order valence-corrected chi connectivity index (χ0v) is 9.77. The summed E-state index contributed by atoms with van der Waals surface area (Å²) in [4.78, 5) is 11.5. The maximum absolute atomic E-state index is 11.5. The van der Waals surface area contributed by atoms with E-state index in [9.17, 15) is 4.79 Å². The van der Waals surface area contributed by atoms with Crippen molar-refractivity contribution in [2.75, 3.05) is 6.61 Å². The van der Waals surface area contributed by atoms with Gasteiger partial charge in [0.15, 0.2) is 6.10 Å². The van der Waals surface area contributed by atoms with Gasteiger partial charge in [-0.2, -0.15) is 5.26 Å². The monoisotopic (exact) mass is 231 g/mol. The lowest BCUT2D eigenvalue weighted by molar-refractivity contribution is -0.144. The van der Waals surface area contributed by atoms with Crippen LogP contribution in [0.2, 0.25) is 0 Å². The van der Waals surface area contributed by atoms with Gasteiger partial charge in [0.05, 0.1) is 18.2 Å². The number of carbonyl (C=O) groups excluding carboxylic acids is 1. The number of ether oxygens (including phenoxy) is 2. The van der Waals surface area contributed by atoms with Crippen LogP contribution in [0.1, 0.15) is 25.0 Å². The molecule has 1 fully saturated rings. The molecule has 0 amide bonds. The Morgan fingerprint density at radius 2 is 2.41 bits per heavy atom. The highest BCUT2D eigenvalue weighted by molar-refractivity contribution is 5.79. The molecule has 0 saturated carbocycles. The second-order valence-electron chi connectivity index (χ2n) is 4.05. The first-order valence-corrected chi connectivity index (χ1v) is 5.47. The number of esters is 1. The van der Waals surface area contributed by atoms with Gasteiger partial charge in [-0.25, -0.2) is 4.79 Å². The molecule has 4 nitrogen and oxygen atoms in total. The van der Waals surface area contributed by atoms with E-state index in [0.717, 1.165) is 5.56 Å². The minimum Gasteiger partial charge on any atom is -0.464 e. The lowest BCUT2D eigenvalue weighted by atomic mass is 9.96. The normalized spacial score (nSPS) is 26.1. The molecule has 0 aliphatic carbocycles. The maximum atomic E-state index is 11.5. The molecule has 88 valence electrons. The van der Waals surface area contributed by atoms with Crippen LogP contribution in [0.5, 0.6) is 0 Å². The minimum atomic E-state index is -0.654. The number of epoxide rings is 1. The number of hydrogen-bond acceptors (Lipinski definition) is 4. The minimum absolute atomic E-state index is 0.340. The first kappa shape index (κ1) is 11.6. The molecule has 17 heavy (non-hydrogen) atoms. The third-order valence-electron chi connectivity index (χ3n) is 2.87. The zero-order valence-electron chi connectivity index (χ0n) is 9.77. The summed E-state index contributed by atoms with van der Waals surface area (Å²) in [5.74, 6) is -0.350. The summed E-state index contributed by atoms with van der Waals surface area (Å²) in [6.45, 7) is 3.92. The first-order chi connectivity index (χ1) is 8.11. The summed E-state index contributed by atoms with van der Waals surface area (Å²) in [5.41, 5.74) is 0.732. The Morgan fingerprint density at radius 3 is 3.06 bits per heavy atom. The summed E-state index contributed by atoms with van der Waals surface area (Å²) in [6, 6.07) is 9.15. The molecule has 4 heteroatoms. The van der Waals surface area contributed by atoms with Gasteiger partial charge in [-0.3, -0.25) is 0 Å². The van der Waals surface area contributed by atoms with Crippen molar-refractivity contribution in [1.82, 2.24) is 0 Å². The van der Waals surface area contributed by atoms with Crippen molar-refractivity contribution >= 4 is 5.97 Å². The number of hydrogen-bond donors (Lipinski definition) is 0. The second kappa shape index (κ2) is 4.19. The standard InChI is InChI=1S/C13H13NO3/c1-3-16-12(15)11-13(2,17-11)10-6-4-5-9(7-10)8-14/h4-7,11H,3H2,1-2H3/t11-,13+/m1/s1. The van der Waals surface area contributed by atoms with Crippen molar-refractivity contribution in [2.24, 2.45) is 0 Å². The van der Waals surface area contributed by atoms with Crippen LogP contribution in [-0.2, 0) is 19.9 Å². The molecule has 1 saturated heterocycles. The summed E-state index contributed by atoms with van der Waals surface area (Å²) in [7, 11) is 0. The Labute approximate surface area is 99.8 Å². The highest BCUT2D eigenvalue weighted by Crippen LogP contribution is 2.46. The molecule has 1 aliphatic heterocycles. The molecule has 0 N–H and O–H groups in total. The molecule has 0 unspecified atom stereocenters. The molecule has 2 atom stereocenters. The van der Waals surface area contributed by atoms with Gasteiger partial charge < -0.3 is 9.47 Å². The van der Waals surface area contributed by atoms with E-state index in [2.05, 4.69) is 6.07 Å². The highest BCUT2D eigenvalue weighted by Gasteiger charge is 2.59. The van der Waals surface area contributed by atoms with Gasteiger partial charge in [-0.1, -0.05) is 12.1 Å². The molecular weight excluding hydrogens is 218 g/mol. The third-order valence-corrected chi connectivity index (χ3v) is 2.87. The molecule has 0 spiro atoms. The summed E-state index contributed by atoms with van der Waals surface area (Å²) >= 11 is 0. The number of benzene rings is 1. The molecule has 0 aromatic heterocycles. The van der Waals surface area contributed by atoms with E-state index in [0.29, 0.717) is 12.2 Å². The number of carbonyl (C=O) groups is 1. The first-order valence-electron chi connectivity index (χ1n) is 5.47. The van der Waals surface area contributed by atoms with Gasteiger partial charge in [0.2, 0.25) is 0 Å². The molecule has 2 rings (SSSR count). The fraction of sp³-hybridized carbons (Fsp3) is 0.385. The van der Waals surface area contributed by atoms with Gasteiger partial charge in [0.25, 0.3) is 0 Å². The summed E-state index contributed by atoms with van der Waals surface area (Å²) in [6.07, 6.45) is -0.559. The van der Waals surface area contributed by atoms with E-state index < -0.39 is 11.7 Å². The van der Waals surface area contributed by atoms with Gasteiger partial charge in [0, 0.05) is 0 Å². The van der Waals surface area contributed by atoms with Crippen LogP contribution < -0.4 is 0 Å². The van der Waals surface area contributed by atoms with E-state index in [4.69, 9.17) is 14.7 Å². The molecule has 1 aromatic rings. The average Bonchev–Trinajstić information content (AvgIpc) is 3.04. The molecule has 0 bridgehead atoms. The van der Waals surface area contributed by atoms with Crippen LogP contribution >= 0.6 is 0 Å². The Kier molecular flexibility index (Phi) is 2.86. The lowest BCUT2D eigenvalue weighted by Gasteiger charge is -2.06. The van der Waals surface area contributed by atoms with Crippen molar-refractivity contribution < 1.29 is 14.3 Å². The van der Waals surface area contributed by atoms with Crippen molar-refractivity contribution in [1.29, 1.82) is 5.26 Å². The smallest absolute Gasteiger partial charge is 0.338 e. The van der Waals surface area contributed by atoms with Crippen LogP contribution in [0.15, 0.2) is 24.3 Å². The maximum Gasteiger partial charge on any atom is 0.338 e. The lowest BCUT2D eigenvalue weighted by Crippen LogP contribution is -2.18. The van der Waals surface area contributed by atoms with Gasteiger partial charge in [-0.15, -0.1) is 0 Å². The fourth-order valence-electron chi connectivity index (χ4n) is 1.82. The molecular formula is C13H13NO3. The van der Waals surface area contributed by atoms with Crippen LogP contribution in [0.3, 0.4) is 0 Å². The van der Waals surface area contributed by atoms with E-state index in [-0.39, 0.29) is 5.97 Å². The molecule has 1 aromatic carbocycles. The Hall–Kier alpha value is -1.86. The van der Waals surface area contributed by atoms with Crippen LogP contribution in [0.25, 0.3) is 0 Å². The van der Waals surface area contributed by atoms with E-state index >= 15 is 0 Å². The Balaban J connectivity index is 2.19. The predicted octanol–water partition coefficient (Wildman–Crippen LogP) is 1.74. The van der Waals surface area contributed by atoms with Crippen LogP contribution in [0.4, 0.5) is 0 Å². The molecule has 1 heterocycles. The highest BCUT2D eigenvalue weighted by atomic mass is 16.7. The van der Waals surface area contributed by atoms with E-state index in [1.54, 1.807) is 25.1 Å². The van der Waals surface area contributed by atoms with Crippen LogP contribution in [0, 0.1) is 11.3 Å². The number of rotatable bonds is 3. The van der Waals surface area contributed by atoms with E-state index in [1.165, 1.54) is 0 Å². The van der Waals surface area contributed by atoms with Gasteiger partial charge >= 0.3 is 5.97 Å². The van der Waals surface area contributed by atoms with Crippen molar-refractivity contribution in [3.63, 3.8) is 0 Å². The van der Waals surface area contributed by atoms with Gasteiger partial charge in [0.1, 0.15) is 5.60 Å². The predicted molar refractivity (Wildman–Crippen MR) is 60.0 cm³/mol. The van der Waals surface area contributed by atoms with E-state index in [1.807, 2.05) is 13.0 Å².